The SMILES string of the molecule is CCOC(=O)CCCCCCN1C(=O)C(C)(C)c2cccc(C)c21. The van der Waals surface area contributed by atoms with Crippen molar-refractivity contribution in [2.75, 3.05) is 18.1 Å². The Balaban J connectivity index is 1.86. The number of amides is 1. The molecule has 132 valence electrons. The molecule has 0 aliphatic carbocycles. The summed E-state index contributed by atoms with van der Waals surface area (Å²) < 4.78 is 4.93. The monoisotopic (exact) mass is 331 g/mol. The van der Waals surface area contributed by atoms with E-state index in [1.165, 1.54) is 0 Å². The molecule has 0 unspecified atom stereocenters. The average molecular weight is 331 g/mol. The molecule has 0 radical (unpaired) electrons. The minimum atomic E-state index is -0.439. The molecule has 1 aliphatic heterocycles. The Morgan fingerprint density at radius 3 is 2.58 bits per heavy atom. The van der Waals surface area contributed by atoms with Gasteiger partial charge in [-0.2, -0.15) is 0 Å². The zero-order valence-electron chi connectivity index (χ0n) is 15.4. The fourth-order valence-corrected chi connectivity index (χ4v) is 3.42. The van der Waals surface area contributed by atoms with Crippen LogP contribution in [-0.4, -0.2) is 25.0 Å². The average Bonchev–Trinajstić information content (AvgIpc) is 2.73. The molecule has 0 aromatic heterocycles. The third-order valence-electron chi connectivity index (χ3n) is 4.78. The van der Waals surface area contributed by atoms with Crippen LogP contribution in [0.15, 0.2) is 18.2 Å². The zero-order chi connectivity index (χ0) is 17.7. The molecule has 0 spiro atoms. The summed E-state index contributed by atoms with van der Waals surface area (Å²) in [5.74, 6) is 0.0804. The number of benzene rings is 1. The summed E-state index contributed by atoms with van der Waals surface area (Å²) in [5, 5.41) is 0. The summed E-state index contributed by atoms with van der Waals surface area (Å²) in [6.07, 6.45) is 4.31. The van der Waals surface area contributed by atoms with Crippen LogP contribution in [0.25, 0.3) is 0 Å². The number of carbonyl (C=O) groups excluding carboxylic acids is 2. The fourth-order valence-electron chi connectivity index (χ4n) is 3.42. The van der Waals surface area contributed by atoms with E-state index in [1.807, 2.05) is 31.7 Å². The van der Waals surface area contributed by atoms with Crippen LogP contribution in [0.5, 0.6) is 0 Å². The van der Waals surface area contributed by atoms with E-state index in [4.69, 9.17) is 4.74 Å². The number of hydrogen-bond donors (Lipinski definition) is 0. The first-order valence-electron chi connectivity index (χ1n) is 8.97. The van der Waals surface area contributed by atoms with Crippen molar-refractivity contribution < 1.29 is 14.3 Å². The smallest absolute Gasteiger partial charge is 0.305 e. The Labute approximate surface area is 145 Å². The maximum Gasteiger partial charge on any atom is 0.305 e. The van der Waals surface area contributed by atoms with Gasteiger partial charge >= 0.3 is 5.97 Å². The molecule has 0 fully saturated rings. The van der Waals surface area contributed by atoms with Crippen molar-refractivity contribution in [2.45, 2.75) is 65.2 Å². The number of para-hydroxylation sites is 1. The number of ether oxygens (including phenoxy) is 1. The number of carbonyl (C=O) groups is 2. The molecule has 1 aliphatic rings. The Bertz CT molecular complexity index is 607. The van der Waals surface area contributed by atoms with Crippen LogP contribution in [0.4, 0.5) is 5.69 Å². The predicted molar refractivity (Wildman–Crippen MR) is 96.3 cm³/mol. The fraction of sp³-hybridized carbons (Fsp3) is 0.600. The normalized spacial score (nSPS) is 15.5. The minimum Gasteiger partial charge on any atom is -0.466 e. The quantitative estimate of drug-likeness (QED) is 0.531. The van der Waals surface area contributed by atoms with E-state index in [0.717, 1.165) is 49.0 Å². The summed E-state index contributed by atoms with van der Waals surface area (Å²) in [4.78, 5) is 26.0. The lowest BCUT2D eigenvalue weighted by atomic mass is 9.85. The molecule has 0 atom stereocenters. The van der Waals surface area contributed by atoms with Gasteiger partial charge in [0, 0.05) is 13.0 Å². The van der Waals surface area contributed by atoms with Crippen molar-refractivity contribution in [1.29, 1.82) is 0 Å². The Hall–Kier alpha value is -1.84. The molecule has 0 saturated heterocycles. The molecule has 1 amide bonds. The second kappa shape index (κ2) is 7.82. The Morgan fingerprint density at radius 2 is 1.88 bits per heavy atom. The van der Waals surface area contributed by atoms with E-state index in [9.17, 15) is 9.59 Å². The van der Waals surface area contributed by atoms with Crippen molar-refractivity contribution in [3.63, 3.8) is 0 Å². The molecule has 24 heavy (non-hydrogen) atoms. The lowest BCUT2D eigenvalue weighted by Crippen LogP contribution is -2.36. The van der Waals surface area contributed by atoms with E-state index in [-0.39, 0.29) is 11.9 Å². The first-order chi connectivity index (χ1) is 11.4. The van der Waals surface area contributed by atoms with Crippen LogP contribution in [0.3, 0.4) is 0 Å². The summed E-state index contributed by atoms with van der Waals surface area (Å²) in [5.41, 5.74) is 2.95. The van der Waals surface area contributed by atoms with Crippen LogP contribution in [0.2, 0.25) is 0 Å². The largest absolute Gasteiger partial charge is 0.466 e. The van der Waals surface area contributed by atoms with Gasteiger partial charge < -0.3 is 9.64 Å². The number of hydrogen-bond acceptors (Lipinski definition) is 3. The standard InChI is InChI=1S/C20H29NO3/c1-5-24-17(22)13-8-6-7-9-14-21-18-15(2)11-10-12-16(18)20(3,4)19(21)23/h10-12H,5-9,13-14H2,1-4H3. The van der Waals surface area contributed by atoms with Crippen LogP contribution >= 0.6 is 0 Å². The molecular formula is C20H29NO3. The van der Waals surface area contributed by atoms with E-state index in [1.54, 1.807) is 0 Å². The third-order valence-corrected chi connectivity index (χ3v) is 4.78. The van der Waals surface area contributed by atoms with Gasteiger partial charge in [-0.25, -0.2) is 0 Å². The third kappa shape index (κ3) is 3.80. The van der Waals surface area contributed by atoms with Crippen molar-refractivity contribution in [3.8, 4) is 0 Å². The van der Waals surface area contributed by atoms with Gasteiger partial charge in [0.25, 0.3) is 0 Å². The second-order valence-corrected chi connectivity index (χ2v) is 7.02. The first kappa shape index (κ1) is 18.5. The van der Waals surface area contributed by atoms with Gasteiger partial charge in [0.15, 0.2) is 0 Å². The first-order valence-corrected chi connectivity index (χ1v) is 8.97. The van der Waals surface area contributed by atoms with E-state index >= 15 is 0 Å². The zero-order valence-corrected chi connectivity index (χ0v) is 15.4. The number of nitrogens with zero attached hydrogens (tertiary/aromatic N) is 1. The van der Waals surface area contributed by atoms with Crippen LogP contribution < -0.4 is 4.90 Å². The molecule has 2 rings (SSSR count). The van der Waals surface area contributed by atoms with Gasteiger partial charge in [-0.05, 0) is 51.7 Å². The highest BCUT2D eigenvalue weighted by molar-refractivity contribution is 6.08. The molecule has 4 heteroatoms. The van der Waals surface area contributed by atoms with E-state index in [2.05, 4.69) is 19.1 Å². The molecular weight excluding hydrogens is 302 g/mol. The van der Waals surface area contributed by atoms with Gasteiger partial charge in [0.1, 0.15) is 0 Å². The van der Waals surface area contributed by atoms with Gasteiger partial charge in [0.05, 0.1) is 17.7 Å². The van der Waals surface area contributed by atoms with Crippen LogP contribution in [0.1, 0.15) is 64.0 Å². The number of aryl methyl sites for hydroxylation is 1. The summed E-state index contributed by atoms with van der Waals surface area (Å²) >= 11 is 0. The van der Waals surface area contributed by atoms with Crippen molar-refractivity contribution in [3.05, 3.63) is 29.3 Å². The number of fused-ring (bicyclic) bond motifs is 1. The van der Waals surface area contributed by atoms with Crippen LogP contribution in [-0.2, 0) is 19.7 Å². The molecule has 4 nitrogen and oxygen atoms in total. The van der Waals surface area contributed by atoms with Crippen LogP contribution in [0, 0.1) is 6.92 Å². The number of anilines is 1. The molecule has 1 aromatic rings. The number of rotatable bonds is 8. The van der Waals surface area contributed by atoms with Gasteiger partial charge in [-0.15, -0.1) is 0 Å². The Morgan fingerprint density at radius 1 is 1.17 bits per heavy atom. The van der Waals surface area contributed by atoms with Gasteiger partial charge in [0.2, 0.25) is 5.91 Å². The van der Waals surface area contributed by atoms with Gasteiger partial charge in [-0.1, -0.05) is 31.0 Å². The molecule has 0 N–H and O–H groups in total. The van der Waals surface area contributed by atoms with Crippen molar-refractivity contribution in [2.24, 2.45) is 0 Å². The summed E-state index contributed by atoms with van der Waals surface area (Å²) in [6, 6.07) is 6.17. The van der Waals surface area contributed by atoms with Crippen molar-refractivity contribution in [1.82, 2.24) is 0 Å². The maximum atomic E-state index is 12.8. The lowest BCUT2D eigenvalue weighted by molar-refractivity contribution is -0.143. The van der Waals surface area contributed by atoms with Gasteiger partial charge in [-0.3, -0.25) is 9.59 Å². The number of unbranched alkanes of at least 4 members (excludes halogenated alkanes) is 3. The minimum absolute atomic E-state index is 0.112. The Kier molecular flexibility index (Phi) is 6.03. The highest BCUT2D eigenvalue weighted by Gasteiger charge is 2.43. The molecule has 0 saturated carbocycles. The highest BCUT2D eigenvalue weighted by atomic mass is 16.5. The van der Waals surface area contributed by atoms with E-state index < -0.39 is 5.41 Å². The molecule has 0 bridgehead atoms. The number of esters is 1. The summed E-state index contributed by atoms with van der Waals surface area (Å²) in [7, 11) is 0. The predicted octanol–water partition coefficient (Wildman–Crippen LogP) is 4.13. The van der Waals surface area contributed by atoms with Crippen molar-refractivity contribution >= 4 is 17.6 Å². The second-order valence-electron chi connectivity index (χ2n) is 7.02. The highest BCUT2D eigenvalue weighted by Crippen LogP contribution is 2.43. The lowest BCUT2D eigenvalue weighted by Gasteiger charge is -2.21. The molecule has 1 heterocycles. The topological polar surface area (TPSA) is 46.6 Å². The molecule has 1 aromatic carbocycles. The summed E-state index contributed by atoms with van der Waals surface area (Å²) in [6.45, 7) is 9.11. The maximum absolute atomic E-state index is 12.8. The van der Waals surface area contributed by atoms with E-state index in [0.29, 0.717) is 13.0 Å².